The van der Waals surface area contributed by atoms with Gasteiger partial charge >= 0.3 is 0 Å². The second kappa shape index (κ2) is 20.0. The van der Waals surface area contributed by atoms with Crippen LogP contribution in [0.2, 0.25) is 0 Å². The van der Waals surface area contributed by atoms with Crippen molar-refractivity contribution in [1.82, 2.24) is 34.7 Å². The number of ether oxygens (including phenoxy) is 2. The molecule has 17 nitrogen and oxygen atoms in total. The molecule has 2 saturated heterocycles. The summed E-state index contributed by atoms with van der Waals surface area (Å²) in [6, 6.07) is 10.8. The summed E-state index contributed by atoms with van der Waals surface area (Å²) in [6.45, 7) is 9.56. The van der Waals surface area contributed by atoms with Gasteiger partial charge in [0.25, 0.3) is 11.8 Å². The third-order valence-electron chi connectivity index (χ3n) is 15.7. The molecule has 0 unspecified atom stereocenters. The molecule has 5 atom stereocenters. The first kappa shape index (κ1) is 50.5. The summed E-state index contributed by atoms with van der Waals surface area (Å²) in [4.78, 5) is 86.4. The first-order chi connectivity index (χ1) is 35.0. The molecule has 5 amide bonds. The van der Waals surface area contributed by atoms with E-state index in [1.54, 1.807) is 37.1 Å². The van der Waals surface area contributed by atoms with Crippen molar-refractivity contribution in [3.63, 3.8) is 0 Å². The normalized spacial score (nSPS) is 25.7. The third kappa shape index (κ3) is 10.3. The number of benzene rings is 2. The minimum atomic E-state index is -4.03. The van der Waals surface area contributed by atoms with E-state index in [1.165, 1.54) is 16.2 Å². The lowest BCUT2D eigenvalue weighted by atomic mass is 10.0. The molecule has 2 aromatic carbocycles. The van der Waals surface area contributed by atoms with E-state index in [2.05, 4.69) is 29.2 Å². The maximum atomic E-state index is 15.4. The van der Waals surface area contributed by atoms with Gasteiger partial charge in [-0.05, 0) is 101 Å². The van der Waals surface area contributed by atoms with Crippen LogP contribution < -0.4 is 24.8 Å². The number of anilines is 1. The SMILES string of the molecule is COc1ccc2c(O[C@@H]3C[C@H]4C(=O)N[C@]5(C(=O)NS(=O)(=O)C6(C)CC6)C[C@@H]5/C=C\CCCCC[C@H](Nc5cccc(C(=O)N6CCN(C(=O)C7CC7)CC6)c5)C(=O)N4C3)cc(-c3nc(C(C)C)cs3)nc2c1C. The molecular weight excluding hydrogens is 969 g/mol. The molecule has 19 heteroatoms. The smallest absolute Gasteiger partial charge is 0.259 e. The molecule has 5 fully saturated rings. The molecule has 0 spiro atoms. The van der Waals surface area contributed by atoms with Crippen LogP contribution in [0.1, 0.15) is 119 Å². The van der Waals surface area contributed by atoms with Gasteiger partial charge in [-0.1, -0.05) is 44.9 Å². The van der Waals surface area contributed by atoms with Crippen LogP contribution in [0.4, 0.5) is 5.69 Å². The Morgan fingerprint density at radius 1 is 0.945 bits per heavy atom. The monoisotopic (exact) mass is 1030 g/mol. The number of pyridine rings is 1. The van der Waals surface area contributed by atoms with Crippen LogP contribution in [0, 0.1) is 18.8 Å². The van der Waals surface area contributed by atoms with Gasteiger partial charge < -0.3 is 34.8 Å². The Morgan fingerprint density at radius 2 is 1.71 bits per heavy atom. The van der Waals surface area contributed by atoms with Crippen molar-refractivity contribution in [3.05, 3.63) is 76.8 Å². The van der Waals surface area contributed by atoms with E-state index in [9.17, 15) is 22.8 Å². The molecule has 73 heavy (non-hydrogen) atoms. The summed E-state index contributed by atoms with van der Waals surface area (Å²) >= 11 is 1.49. The molecule has 4 aromatic rings. The molecule has 5 heterocycles. The van der Waals surface area contributed by atoms with E-state index in [1.807, 2.05) is 53.6 Å². The summed E-state index contributed by atoms with van der Waals surface area (Å²) in [5, 5.41) is 9.90. The van der Waals surface area contributed by atoms with Crippen molar-refractivity contribution in [3.8, 4) is 22.2 Å². The second-order valence-corrected chi connectivity index (χ2v) is 24.5. The highest BCUT2D eigenvalue weighted by Crippen LogP contribution is 2.48. The number of rotatable bonds is 12. The molecule has 3 saturated carbocycles. The topological polar surface area (TPSA) is 210 Å². The van der Waals surface area contributed by atoms with Crippen LogP contribution in [0.25, 0.3) is 21.6 Å². The number of sulfonamides is 1. The number of allylic oxidation sites excluding steroid dienone is 1. The number of carbonyl (C=O) groups is 5. The largest absolute Gasteiger partial charge is 0.496 e. The fourth-order valence-electron chi connectivity index (χ4n) is 10.4. The van der Waals surface area contributed by atoms with Gasteiger partial charge in [0.1, 0.15) is 45.9 Å². The molecule has 0 bridgehead atoms. The highest BCUT2D eigenvalue weighted by atomic mass is 32.2. The van der Waals surface area contributed by atoms with Crippen LogP contribution in [-0.4, -0.2) is 131 Å². The number of aromatic nitrogens is 2. The van der Waals surface area contributed by atoms with Crippen molar-refractivity contribution in [2.75, 3.05) is 45.2 Å². The molecule has 3 aliphatic carbocycles. The number of hydrogen-bond acceptors (Lipinski definition) is 13. The Kier molecular flexibility index (Phi) is 13.8. The van der Waals surface area contributed by atoms with E-state index in [0.717, 1.165) is 36.9 Å². The molecule has 3 aliphatic heterocycles. The van der Waals surface area contributed by atoms with Crippen molar-refractivity contribution >= 4 is 67.5 Å². The Hall–Kier alpha value is -6.08. The third-order valence-corrected chi connectivity index (χ3v) is 18.8. The lowest BCUT2D eigenvalue weighted by Gasteiger charge is -2.35. The summed E-state index contributed by atoms with van der Waals surface area (Å²) in [5.74, 6) is -0.715. The van der Waals surface area contributed by atoms with Crippen LogP contribution in [0.5, 0.6) is 11.5 Å². The predicted octanol–water partition coefficient (Wildman–Crippen LogP) is 6.72. The maximum absolute atomic E-state index is 15.4. The first-order valence-corrected chi connectivity index (χ1v) is 28.2. The number of thiazole rings is 1. The summed E-state index contributed by atoms with van der Waals surface area (Å²) in [5.41, 5.74) is 2.47. The number of amides is 5. The van der Waals surface area contributed by atoms with E-state index >= 15 is 9.59 Å². The van der Waals surface area contributed by atoms with Gasteiger partial charge in [-0.3, -0.25) is 28.7 Å². The number of nitrogens with one attached hydrogen (secondary N) is 3. The van der Waals surface area contributed by atoms with Crippen molar-refractivity contribution < 1.29 is 41.9 Å². The van der Waals surface area contributed by atoms with Gasteiger partial charge in [-0.25, -0.2) is 18.4 Å². The standard InChI is InChI=1S/C54H66N8O9S2/c1-32(2)42-31-72-48(57-42)41-28-45(39-18-19-44(70-5)33(3)46(39)56-41)71-38-27-43-47(63)58-54(52(67)59-73(68,69)53(4)20-21-53)29-36(54)13-9-7-6-8-10-15-40(51(66)62(43)30-38)55-37-14-11-12-35(26-37)50(65)61-24-22-60(23-25-61)49(64)34-16-17-34/h9,11-14,18-19,26,28,31-32,34,36,38,40,43,55H,6-8,10,15-17,20-25,27,29-30H2,1-5H3,(H,58,63)(H,59,67)/b13-9-/t36-,38+,40-,43-,54+/m0/s1. The highest BCUT2D eigenvalue weighted by Gasteiger charge is 2.63. The molecule has 3 N–H and O–H groups in total. The van der Waals surface area contributed by atoms with Gasteiger partial charge in [0.2, 0.25) is 27.7 Å². The number of methoxy groups -OCH3 is 1. The second-order valence-electron chi connectivity index (χ2n) is 21.4. The Balaban J connectivity index is 0.961. The number of carbonyl (C=O) groups excluding carboxylic acids is 5. The van der Waals surface area contributed by atoms with Gasteiger partial charge in [0.05, 0.1) is 29.6 Å². The molecule has 2 aromatic heterocycles. The zero-order valence-electron chi connectivity index (χ0n) is 42.3. The lowest BCUT2D eigenvalue weighted by Crippen LogP contribution is -2.58. The fourth-order valence-corrected chi connectivity index (χ4v) is 12.7. The van der Waals surface area contributed by atoms with Crippen LogP contribution >= 0.6 is 11.3 Å². The fraction of sp³-hybridized carbons (Fsp3) is 0.537. The van der Waals surface area contributed by atoms with Gasteiger partial charge in [0, 0.05) is 78.1 Å². The number of hydrogen-bond donors (Lipinski definition) is 3. The van der Waals surface area contributed by atoms with Gasteiger partial charge in [-0.2, -0.15) is 0 Å². The average molecular weight is 1040 g/mol. The zero-order valence-corrected chi connectivity index (χ0v) is 43.9. The minimum absolute atomic E-state index is 0.0150. The van der Waals surface area contributed by atoms with E-state index in [-0.39, 0.29) is 48.9 Å². The molecule has 388 valence electrons. The molecule has 0 radical (unpaired) electrons. The van der Waals surface area contributed by atoms with Crippen molar-refractivity contribution in [2.45, 2.75) is 133 Å². The summed E-state index contributed by atoms with van der Waals surface area (Å²) in [6.07, 6.45) is 9.56. The minimum Gasteiger partial charge on any atom is -0.496 e. The Morgan fingerprint density at radius 3 is 2.42 bits per heavy atom. The molecular formula is C54H66N8O9S2. The van der Waals surface area contributed by atoms with Crippen molar-refractivity contribution in [1.29, 1.82) is 0 Å². The van der Waals surface area contributed by atoms with E-state index in [4.69, 9.17) is 19.4 Å². The first-order valence-electron chi connectivity index (χ1n) is 25.9. The Labute approximate surface area is 430 Å². The number of nitrogens with zero attached hydrogens (tertiary/aromatic N) is 5. The average Bonchev–Trinajstić information content (AvgIpc) is 4.35. The van der Waals surface area contributed by atoms with Crippen LogP contribution in [-0.2, 0) is 29.2 Å². The quantitative estimate of drug-likeness (QED) is 0.127. The van der Waals surface area contributed by atoms with Gasteiger partial charge in [-0.15, -0.1) is 11.3 Å². The van der Waals surface area contributed by atoms with E-state index in [0.29, 0.717) is 103 Å². The zero-order chi connectivity index (χ0) is 51.4. The number of aryl methyl sites for hydroxylation is 1. The maximum Gasteiger partial charge on any atom is 0.259 e. The van der Waals surface area contributed by atoms with Crippen molar-refractivity contribution in [2.24, 2.45) is 11.8 Å². The lowest BCUT2D eigenvalue weighted by molar-refractivity contribution is -0.140. The van der Waals surface area contributed by atoms with Gasteiger partial charge in [0.15, 0.2) is 0 Å². The number of piperazine rings is 1. The van der Waals surface area contributed by atoms with Crippen LogP contribution in [0.15, 0.2) is 60.0 Å². The van der Waals surface area contributed by atoms with E-state index < -0.39 is 56.2 Å². The summed E-state index contributed by atoms with van der Waals surface area (Å²) in [7, 11) is -2.43. The number of fused-ring (bicyclic) bond motifs is 3. The molecule has 10 rings (SSSR count). The predicted molar refractivity (Wildman–Crippen MR) is 278 cm³/mol. The summed E-state index contributed by atoms with van der Waals surface area (Å²) < 4.78 is 40.8. The van der Waals surface area contributed by atoms with Crippen LogP contribution in [0.3, 0.4) is 0 Å². The molecule has 6 aliphatic rings. The Bertz CT molecular complexity index is 2980. The highest BCUT2D eigenvalue weighted by molar-refractivity contribution is 7.91.